The molecule has 0 saturated heterocycles. The number of rotatable bonds is 6. The lowest BCUT2D eigenvalue weighted by molar-refractivity contribution is 0.203. The quantitative estimate of drug-likeness (QED) is 0.869. The summed E-state index contributed by atoms with van der Waals surface area (Å²) in [5.41, 5.74) is 1.98. The lowest BCUT2D eigenvalue weighted by Gasteiger charge is -2.29. The van der Waals surface area contributed by atoms with Crippen LogP contribution in [0, 0.1) is 0 Å². The van der Waals surface area contributed by atoms with Crippen LogP contribution in [0.5, 0.6) is 5.75 Å². The van der Waals surface area contributed by atoms with Crippen molar-refractivity contribution in [2.24, 2.45) is 0 Å². The van der Waals surface area contributed by atoms with E-state index in [1.807, 2.05) is 43.3 Å². The summed E-state index contributed by atoms with van der Waals surface area (Å²) in [6.07, 6.45) is 0.754. The Labute approximate surface area is 121 Å². The van der Waals surface area contributed by atoms with Gasteiger partial charge in [0.15, 0.2) is 0 Å². The van der Waals surface area contributed by atoms with Gasteiger partial charge in [0, 0.05) is 5.41 Å². The van der Waals surface area contributed by atoms with Crippen molar-refractivity contribution >= 4 is 0 Å². The molecule has 0 heterocycles. The second-order valence-corrected chi connectivity index (χ2v) is 5.30. The Hall–Kier alpha value is -1.80. The van der Waals surface area contributed by atoms with Crippen molar-refractivity contribution in [3.05, 3.63) is 65.7 Å². The zero-order valence-corrected chi connectivity index (χ0v) is 12.2. The van der Waals surface area contributed by atoms with Gasteiger partial charge in [0.25, 0.3) is 0 Å². The number of ether oxygens (including phenoxy) is 1. The molecule has 0 amide bonds. The Morgan fingerprint density at radius 3 is 2.30 bits per heavy atom. The van der Waals surface area contributed by atoms with Crippen LogP contribution in [0.25, 0.3) is 0 Å². The third kappa shape index (κ3) is 3.20. The molecule has 0 radical (unpaired) electrons. The molecule has 1 atom stereocenters. The fourth-order valence-corrected chi connectivity index (χ4v) is 2.46. The summed E-state index contributed by atoms with van der Waals surface area (Å²) in [4.78, 5) is 0. The maximum absolute atomic E-state index is 9.88. The SMILES string of the molecule is CCOc1ccccc1CC(C)(CO)c1ccccc1. The number of hydrogen-bond acceptors (Lipinski definition) is 2. The van der Waals surface area contributed by atoms with Crippen molar-refractivity contribution in [2.75, 3.05) is 13.2 Å². The van der Waals surface area contributed by atoms with Crippen LogP contribution in [0.2, 0.25) is 0 Å². The standard InChI is InChI=1S/C18H22O2/c1-3-20-17-12-8-7-9-15(17)13-18(2,14-19)16-10-5-4-6-11-16/h4-12,19H,3,13-14H2,1-2H3. The molecule has 0 aliphatic rings. The van der Waals surface area contributed by atoms with Crippen molar-refractivity contribution in [3.63, 3.8) is 0 Å². The predicted molar refractivity (Wildman–Crippen MR) is 82.2 cm³/mol. The average molecular weight is 270 g/mol. The van der Waals surface area contributed by atoms with Crippen molar-refractivity contribution in [1.82, 2.24) is 0 Å². The molecule has 2 heteroatoms. The molecular weight excluding hydrogens is 248 g/mol. The molecule has 20 heavy (non-hydrogen) atoms. The third-order valence-electron chi connectivity index (χ3n) is 3.67. The maximum Gasteiger partial charge on any atom is 0.122 e. The fraction of sp³-hybridized carbons (Fsp3) is 0.333. The summed E-state index contributed by atoms with van der Waals surface area (Å²) in [6, 6.07) is 18.2. The summed E-state index contributed by atoms with van der Waals surface area (Å²) in [5, 5.41) is 9.88. The normalized spacial score (nSPS) is 13.8. The molecule has 0 aliphatic carbocycles. The van der Waals surface area contributed by atoms with Gasteiger partial charge >= 0.3 is 0 Å². The fourth-order valence-electron chi connectivity index (χ4n) is 2.46. The Bertz CT molecular complexity index is 536. The Balaban J connectivity index is 2.31. The number of benzene rings is 2. The van der Waals surface area contributed by atoms with Crippen molar-refractivity contribution in [3.8, 4) is 5.75 Å². The monoisotopic (exact) mass is 270 g/mol. The Morgan fingerprint density at radius 2 is 1.65 bits per heavy atom. The van der Waals surface area contributed by atoms with E-state index in [0.29, 0.717) is 6.61 Å². The smallest absolute Gasteiger partial charge is 0.122 e. The second kappa shape index (κ2) is 6.58. The van der Waals surface area contributed by atoms with Crippen LogP contribution in [0.4, 0.5) is 0 Å². The minimum Gasteiger partial charge on any atom is -0.494 e. The van der Waals surface area contributed by atoms with Gasteiger partial charge in [0.1, 0.15) is 5.75 Å². The van der Waals surface area contributed by atoms with Crippen molar-refractivity contribution < 1.29 is 9.84 Å². The van der Waals surface area contributed by atoms with Gasteiger partial charge in [-0.3, -0.25) is 0 Å². The highest BCUT2D eigenvalue weighted by atomic mass is 16.5. The molecular formula is C18H22O2. The van der Waals surface area contributed by atoms with Crippen LogP contribution < -0.4 is 4.74 Å². The zero-order valence-electron chi connectivity index (χ0n) is 12.2. The highest BCUT2D eigenvalue weighted by Gasteiger charge is 2.27. The molecule has 0 saturated carbocycles. The Kier molecular flexibility index (Phi) is 4.80. The van der Waals surface area contributed by atoms with E-state index in [-0.39, 0.29) is 12.0 Å². The minimum absolute atomic E-state index is 0.109. The highest BCUT2D eigenvalue weighted by Crippen LogP contribution is 2.31. The lowest BCUT2D eigenvalue weighted by Crippen LogP contribution is -2.29. The second-order valence-electron chi connectivity index (χ2n) is 5.30. The molecule has 2 aromatic carbocycles. The molecule has 0 bridgehead atoms. The van der Waals surface area contributed by atoms with E-state index in [2.05, 4.69) is 25.1 Å². The van der Waals surface area contributed by atoms with E-state index in [0.717, 1.165) is 23.3 Å². The van der Waals surface area contributed by atoms with Crippen LogP contribution >= 0.6 is 0 Å². The molecule has 0 aliphatic heterocycles. The van der Waals surface area contributed by atoms with E-state index >= 15 is 0 Å². The van der Waals surface area contributed by atoms with Gasteiger partial charge in [0.05, 0.1) is 13.2 Å². The van der Waals surface area contributed by atoms with Gasteiger partial charge in [0.2, 0.25) is 0 Å². The maximum atomic E-state index is 9.88. The van der Waals surface area contributed by atoms with Gasteiger partial charge in [-0.25, -0.2) is 0 Å². The predicted octanol–water partition coefficient (Wildman–Crippen LogP) is 3.58. The molecule has 2 aromatic rings. The first-order valence-electron chi connectivity index (χ1n) is 7.06. The largest absolute Gasteiger partial charge is 0.494 e. The molecule has 1 N–H and O–H groups in total. The van der Waals surface area contributed by atoms with Crippen LogP contribution in [0.3, 0.4) is 0 Å². The van der Waals surface area contributed by atoms with E-state index in [1.165, 1.54) is 0 Å². The van der Waals surface area contributed by atoms with E-state index < -0.39 is 0 Å². The molecule has 0 aromatic heterocycles. The van der Waals surface area contributed by atoms with Gasteiger partial charge in [-0.2, -0.15) is 0 Å². The highest BCUT2D eigenvalue weighted by molar-refractivity contribution is 5.37. The van der Waals surface area contributed by atoms with Gasteiger partial charge in [-0.05, 0) is 30.5 Å². The van der Waals surface area contributed by atoms with Crippen LogP contribution in [0.1, 0.15) is 25.0 Å². The molecule has 0 spiro atoms. The summed E-state index contributed by atoms with van der Waals surface area (Å²) in [6.45, 7) is 4.83. The summed E-state index contributed by atoms with van der Waals surface area (Å²) in [5.74, 6) is 0.908. The lowest BCUT2D eigenvalue weighted by atomic mass is 9.78. The topological polar surface area (TPSA) is 29.5 Å². The number of para-hydroxylation sites is 1. The summed E-state index contributed by atoms with van der Waals surface area (Å²) >= 11 is 0. The average Bonchev–Trinajstić information content (AvgIpc) is 2.50. The molecule has 1 unspecified atom stereocenters. The first-order valence-corrected chi connectivity index (χ1v) is 7.06. The van der Waals surface area contributed by atoms with Gasteiger partial charge in [-0.1, -0.05) is 55.5 Å². The molecule has 0 fully saturated rings. The van der Waals surface area contributed by atoms with Gasteiger partial charge < -0.3 is 9.84 Å². The van der Waals surface area contributed by atoms with Gasteiger partial charge in [-0.15, -0.1) is 0 Å². The number of aliphatic hydroxyl groups is 1. The van der Waals surface area contributed by atoms with Crippen LogP contribution in [-0.4, -0.2) is 18.3 Å². The number of hydrogen-bond donors (Lipinski definition) is 1. The third-order valence-corrected chi connectivity index (χ3v) is 3.67. The minimum atomic E-state index is -0.297. The molecule has 2 rings (SSSR count). The van der Waals surface area contributed by atoms with E-state index in [1.54, 1.807) is 0 Å². The molecule has 2 nitrogen and oxygen atoms in total. The first kappa shape index (κ1) is 14.6. The molecule has 106 valence electrons. The van der Waals surface area contributed by atoms with Crippen LogP contribution in [0.15, 0.2) is 54.6 Å². The number of aliphatic hydroxyl groups excluding tert-OH is 1. The summed E-state index contributed by atoms with van der Waals surface area (Å²) < 4.78 is 5.68. The first-order chi connectivity index (χ1) is 9.69. The summed E-state index contributed by atoms with van der Waals surface area (Å²) in [7, 11) is 0. The van der Waals surface area contributed by atoms with E-state index in [4.69, 9.17) is 4.74 Å². The van der Waals surface area contributed by atoms with E-state index in [9.17, 15) is 5.11 Å². The Morgan fingerprint density at radius 1 is 1.00 bits per heavy atom. The zero-order chi connectivity index (χ0) is 14.4. The van der Waals surface area contributed by atoms with Crippen molar-refractivity contribution in [1.29, 1.82) is 0 Å². The van der Waals surface area contributed by atoms with Crippen LogP contribution in [-0.2, 0) is 11.8 Å². The van der Waals surface area contributed by atoms with Crippen molar-refractivity contribution in [2.45, 2.75) is 25.7 Å².